The topological polar surface area (TPSA) is 37.3 Å². The molecular formula is C20H34O2. The lowest BCUT2D eigenvalue weighted by atomic mass is 9.52. The smallest absolute Gasteiger partial charge is 0.139 e. The molecule has 4 fully saturated rings. The van der Waals surface area contributed by atoms with Gasteiger partial charge in [0, 0.05) is 11.8 Å². The van der Waals surface area contributed by atoms with Crippen molar-refractivity contribution in [3.05, 3.63) is 0 Å². The zero-order valence-corrected chi connectivity index (χ0v) is 14.7. The molecule has 4 saturated carbocycles. The van der Waals surface area contributed by atoms with Crippen LogP contribution in [0.15, 0.2) is 0 Å². The molecule has 0 bridgehead atoms. The van der Waals surface area contributed by atoms with E-state index in [4.69, 9.17) is 0 Å². The van der Waals surface area contributed by atoms with Crippen LogP contribution in [0.1, 0.15) is 78.6 Å². The van der Waals surface area contributed by atoms with Crippen molar-refractivity contribution in [1.29, 1.82) is 0 Å². The van der Waals surface area contributed by atoms with Gasteiger partial charge in [0.2, 0.25) is 0 Å². The second kappa shape index (κ2) is 6.26. The van der Waals surface area contributed by atoms with Crippen LogP contribution in [-0.4, -0.2) is 17.0 Å². The Balaban J connectivity index is 0.000000693. The molecule has 126 valence electrons. The van der Waals surface area contributed by atoms with Crippen molar-refractivity contribution in [2.45, 2.75) is 84.7 Å². The van der Waals surface area contributed by atoms with Gasteiger partial charge in [0.1, 0.15) is 5.78 Å². The normalized spacial score (nSPS) is 50.3. The minimum absolute atomic E-state index is 0.0299. The van der Waals surface area contributed by atoms with E-state index in [-0.39, 0.29) is 11.5 Å². The van der Waals surface area contributed by atoms with Crippen LogP contribution < -0.4 is 0 Å². The Morgan fingerprint density at radius 1 is 0.955 bits per heavy atom. The van der Waals surface area contributed by atoms with Crippen LogP contribution in [0, 0.1) is 35.0 Å². The fourth-order valence-electron chi connectivity index (χ4n) is 6.43. The van der Waals surface area contributed by atoms with E-state index in [2.05, 4.69) is 6.92 Å². The van der Waals surface area contributed by atoms with E-state index in [1.54, 1.807) is 0 Å². The van der Waals surface area contributed by atoms with Gasteiger partial charge in [0.25, 0.3) is 0 Å². The first kappa shape index (κ1) is 16.5. The van der Waals surface area contributed by atoms with E-state index in [0.29, 0.717) is 11.7 Å². The van der Waals surface area contributed by atoms with Gasteiger partial charge in [-0.2, -0.15) is 0 Å². The average molecular weight is 306 g/mol. The molecule has 0 unspecified atom stereocenters. The van der Waals surface area contributed by atoms with Crippen molar-refractivity contribution in [3.8, 4) is 0 Å². The summed E-state index contributed by atoms with van der Waals surface area (Å²) in [5.41, 5.74) is 0.0299. The fourth-order valence-corrected chi connectivity index (χ4v) is 6.43. The van der Waals surface area contributed by atoms with Gasteiger partial charge in [0.15, 0.2) is 0 Å². The number of hydrogen-bond acceptors (Lipinski definition) is 2. The van der Waals surface area contributed by atoms with Crippen LogP contribution >= 0.6 is 0 Å². The van der Waals surface area contributed by atoms with Crippen LogP contribution in [0.25, 0.3) is 0 Å². The maximum absolute atomic E-state index is 12.3. The van der Waals surface area contributed by atoms with E-state index in [1.165, 1.54) is 25.7 Å². The lowest BCUT2D eigenvalue weighted by Crippen LogP contribution is -2.47. The highest BCUT2D eigenvalue weighted by molar-refractivity contribution is 5.87. The summed E-state index contributed by atoms with van der Waals surface area (Å²) >= 11 is 0. The number of ketones is 1. The Hall–Kier alpha value is -0.370. The van der Waals surface area contributed by atoms with Crippen molar-refractivity contribution < 1.29 is 9.90 Å². The number of carbonyl (C=O) groups is 1. The van der Waals surface area contributed by atoms with Crippen LogP contribution in [0.3, 0.4) is 0 Å². The first-order valence-corrected chi connectivity index (χ1v) is 9.79. The number of aliphatic hydroxyl groups is 1. The van der Waals surface area contributed by atoms with Crippen LogP contribution in [-0.2, 0) is 4.79 Å². The van der Waals surface area contributed by atoms with Crippen LogP contribution in [0.4, 0.5) is 0 Å². The van der Waals surface area contributed by atoms with Gasteiger partial charge >= 0.3 is 0 Å². The number of rotatable bonds is 0. The number of hydrogen-bond donors (Lipinski definition) is 1. The maximum Gasteiger partial charge on any atom is 0.139 e. The van der Waals surface area contributed by atoms with Crippen LogP contribution in [0.2, 0.25) is 0 Å². The van der Waals surface area contributed by atoms with Crippen molar-refractivity contribution in [2.75, 3.05) is 0 Å². The Bertz CT molecular complexity index is 418. The Morgan fingerprint density at radius 2 is 1.73 bits per heavy atom. The predicted octanol–water partition coefficient (Wildman–Crippen LogP) is 4.60. The third-order valence-electron chi connectivity index (χ3n) is 7.59. The first-order valence-electron chi connectivity index (χ1n) is 9.79. The summed E-state index contributed by atoms with van der Waals surface area (Å²) in [5, 5.41) is 9.93. The molecule has 4 rings (SSSR count). The largest absolute Gasteiger partial charge is 0.393 e. The Labute approximate surface area is 136 Å². The molecule has 0 aromatic heterocycles. The van der Waals surface area contributed by atoms with Crippen molar-refractivity contribution in [2.24, 2.45) is 35.0 Å². The summed E-state index contributed by atoms with van der Waals surface area (Å²) in [6, 6.07) is 0. The van der Waals surface area contributed by atoms with Crippen LogP contribution in [0.5, 0.6) is 0 Å². The molecule has 1 N–H and O–H groups in total. The summed E-state index contributed by atoms with van der Waals surface area (Å²) in [6.45, 7) is 6.26. The number of Topliss-reactive ketones (excluding diaryl/α,β-unsaturated/α-hetero) is 1. The molecule has 22 heavy (non-hydrogen) atoms. The molecule has 4 aliphatic rings. The van der Waals surface area contributed by atoms with Gasteiger partial charge in [-0.15, -0.1) is 0 Å². The zero-order valence-electron chi connectivity index (χ0n) is 14.7. The molecular weight excluding hydrogens is 272 g/mol. The number of aliphatic hydroxyl groups excluding tert-OH is 1. The maximum atomic E-state index is 12.3. The van der Waals surface area contributed by atoms with E-state index in [9.17, 15) is 9.90 Å². The summed E-state index contributed by atoms with van der Waals surface area (Å²) < 4.78 is 0. The first-order chi connectivity index (χ1) is 10.6. The summed E-state index contributed by atoms with van der Waals surface area (Å²) in [7, 11) is 0. The summed E-state index contributed by atoms with van der Waals surface area (Å²) in [5.74, 6) is 4.53. The molecule has 2 nitrogen and oxygen atoms in total. The van der Waals surface area contributed by atoms with Gasteiger partial charge < -0.3 is 5.11 Å². The predicted molar refractivity (Wildman–Crippen MR) is 89.5 cm³/mol. The molecule has 4 aliphatic carbocycles. The van der Waals surface area contributed by atoms with E-state index >= 15 is 0 Å². The molecule has 0 aromatic rings. The van der Waals surface area contributed by atoms with Gasteiger partial charge in [0.05, 0.1) is 6.10 Å². The molecule has 0 aliphatic heterocycles. The van der Waals surface area contributed by atoms with E-state index < -0.39 is 0 Å². The molecule has 0 aromatic carbocycles. The lowest BCUT2D eigenvalue weighted by molar-refractivity contribution is -0.132. The highest BCUT2D eigenvalue weighted by Crippen LogP contribution is 2.60. The quantitative estimate of drug-likeness (QED) is 0.710. The molecule has 2 heteroatoms. The SMILES string of the molecule is CC.C[C@]12CC[C@@H]3C[C@@H]4C[C@@H](O)CC[C@H]4C[C@H]3[C@@H]1CCC2=O. The Morgan fingerprint density at radius 3 is 2.50 bits per heavy atom. The molecule has 0 saturated heterocycles. The van der Waals surface area contributed by atoms with E-state index in [0.717, 1.165) is 55.8 Å². The van der Waals surface area contributed by atoms with Gasteiger partial charge in [-0.3, -0.25) is 4.79 Å². The minimum atomic E-state index is -0.0327. The van der Waals surface area contributed by atoms with Crippen molar-refractivity contribution in [1.82, 2.24) is 0 Å². The zero-order chi connectivity index (χ0) is 15.9. The van der Waals surface area contributed by atoms with Gasteiger partial charge in [-0.05, 0) is 81.0 Å². The van der Waals surface area contributed by atoms with Crippen molar-refractivity contribution in [3.63, 3.8) is 0 Å². The molecule has 0 amide bonds. The summed E-state index contributed by atoms with van der Waals surface area (Å²) in [6.07, 6.45) is 10.4. The summed E-state index contributed by atoms with van der Waals surface area (Å²) in [4.78, 5) is 12.3. The lowest BCUT2D eigenvalue weighted by Gasteiger charge is -2.53. The standard InChI is InChI=1S/C18H28O2.C2H6/c1-18-7-6-12-8-13-9-14(19)3-2-11(13)10-15(12)16(18)4-5-17(18)20;1-2/h11-16,19H,2-10H2,1H3;1-2H3/t11-,12+,13+,14-,15+,16-,18-;/m0./s1. The Kier molecular flexibility index (Phi) is 4.69. The molecule has 7 atom stereocenters. The van der Waals surface area contributed by atoms with Crippen molar-refractivity contribution >= 4 is 5.78 Å². The highest BCUT2D eigenvalue weighted by Gasteiger charge is 2.55. The fraction of sp³-hybridized carbons (Fsp3) is 0.950. The van der Waals surface area contributed by atoms with Gasteiger partial charge in [-0.25, -0.2) is 0 Å². The third kappa shape index (κ3) is 2.56. The van der Waals surface area contributed by atoms with E-state index in [1.807, 2.05) is 13.8 Å². The highest BCUT2D eigenvalue weighted by atomic mass is 16.3. The van der Waals surface area contributed by atoms with Gasteiger partial charge in [-0.1, -0.05) is 20.8 Å². The second-order valence-electron chi connectivity index (χ2n) is 8.41. The molecule has 0 radical (unpaired) electrons. The second-order valence-corrected chi connectivity index (χ2v) is 8.41. The monoisotopic (exact) mass is 306 g/mol. The number of carbonyl (C=O) groups excluding carboxylic acids is 1. The minimum Gasteiger partial charge on any atom is -0.393 e. The molecule has 0 heterocycles. The average Bonchev–Trinajstić information content (AvgIpc) is 2.83. The number of fused-ring (bicyclic) bond motifs is 4. The third-order valence-corrected chi connectivity index (χ3v) is 7.59. The molecule has 0 spiro atoms.